The zero-order valence-corrected chi connectivity index (χ0v) is 18.7. The molecular weight excluding hydrogens is 448 g/mol. The van der Waals surface area contributed by atoms with Crippen LogP contribution in [0.3, 0.4) is 0 Å². The number of nitrogens with one attached hydrogen (secondary N) is 1. The summed E-state index contributed by atoms with van der Waals surface area (Å²) < 4.78 is 24.4. The largest absolute Gasteiger partial charge is 0.354 e. The molecule has 1 saturated carbocycles. The van der Waals surface area contributed by atoms with Crippen molar-refractivity contribution in [3.8, 4) is 0 Å². The molecule has 0 radical (unpaired) electrons. The fourth-order valence-corrected chi connectivity index (χ4v) is 6.29. The predicted molar refractivity (Wildman–Crippen MR) is 118 cm³/mol. The molecule has 1 aliphatic heterocycles. The van der Waals surface area contributed by atoms with Crippen molar-refractivity contribution < 1.29 is 22.8 Å². The molecule has 1 aromatic carbocycles. The molecule has 30 heavy (non-hydrogen) atoms. The maximum atomic E-state index is 12.5. The van der Waals surface area contributed by atoms with Gasteiger partial charge in [-0.2, -0.15) is 0 Å². The van der Waals surface area contributed by atoms with Crippen molar-refractivity contribution in [3.63, 3.8) is 0 Å². The lowest BCUT2D eigenvalue weighted by atomic mass is 10.2. The molecule has 0 aromatic heterocycles. The topological polar surface area (TPSA) is 101 Å². The Bertz CT molecular complexity index is 954. The van der Waals surface area contributed by atoms with Crippen LogP contribution in [0.4, 0.5) is 4.79 Å². The number of rotatable bonds is 8. The second-order valence-electron chi connectivity index (χ2n) is 7.26. The van der Waals surface area contributed by atoms with E-state index >= 15 is 0 Å². The van der Waals surface area contributed by atoms with Gasteiger partial charge in [-0.3, -0.25) is 19.3 Å². The van der Waals surface area contributed by atoms with Crippen LogP contribution in [0.2, 0.25) is 5.02 Å². The molecule has 1 heterocycles. The van der Waals surface area contributed by atoms with Crippen LogP contribution >= 0.6 is 23.4 Å². The lowest BCUT2D eigenvalue weighted by Gasteiger charge is -2.14. The summed E-state index contributed by atoms with van der Waals surface area (Å²) in [5.41, 5.74) is 0.752. The number of carbonyl (C=O) groups excluding carboxylic acids is 3. The fraction of sp³-hybridized carbons (Fsp3) is 0.450. The molecule has 1 N–H and O–H groups in total. The Kier molecular flexibility index (Phi) is 7.60. The highest BCUT2D eigenvalue weighted by Crippen LogP contribution is 2.32. The highest BCUT2D eigenvalue weighted by Gasteiger charge is 2.34. The molecule has 1 aliphatic carbocycles. The summed E-state index contributed by atoms with van der Waals surface area (Å²) in [6, 6.07) is 6.88. The molecular formula is C20H23ClN2O5S2. The SMILES string of the molecule is O=C(CCS(=O)(=O)C1CCCC1)NCCN1C(=O)S/C(=C\c2ccc(Cl)cc2)C1=O. The van der Waals surface area contributed by atoms with Gasteiger partial charge in [-0.1, -0.05) is 36.6 Å². The number of hydrogen-bond acceptors (Lipinski definition) is 6. The Morgan fingerprint density at radius 3 is 2.53 bits per heavy atom. The van der Waals surface area contributed by atoms with Crippen LogP contribution in [0.5, 0.6) is 0 Å². The van der Waals surface area contributed by atoms with Crippen molar-refractivity contribution in [1.82, 2.24) is 10.2 Å². The smallest absolute Gasteiger partial charge is 0.293 e. The van der Waals surface area contributed by atoms with Gasteiger partial charge in [0.1, 0.15) is 0 Å². The summed E-state index contributed by atoms with van der Waals surface area (Å²) in [5, 5.41) is 2.44. The molecule has 3 rings (SSSR count). The van der Waals surface area contributed by atoms with Crippen LogP contribution in [0.15, 0.2) is 29.2 Å². The Labute approximate surface area is 185 Å². The molecule has 3 amide bonds. The molecule has 0 spiro atoms. The van der Waals surface area contributed by atoms with Crippen molar-refractivity contribution in [2.75, 3.05) is 18.8 Å². The Balaban J connectivity index is 1.46. The van der Waals surface area contributed by atoms with Crippen LogP contribution in [0.1, 0.15) is 37.7 Å². The van der Waals surface area contributed by atoms with Gasteiger partial charge in [-0.25, -0.2) is 8.42 Å². The molecule has 162 valence electrons. The van der Waals surface area contributed by atoms with E-state index in [9.17, 15) is 22.8 Å². The van der Waals surface area contributed by atoms with E-state index in [0.29, 0.717) is 22.8 Å². The van der Waals surface area contributed by atoms with Gasteiger partial charge in [-0.05, 0) is 48.4 Å². The van der Waals surface area contributed by atoms with Crippen molar-refractivity contribution >= 4 is 56.3 Å². The summed E-state index contributed by atoms with van der Waals surface area (Å²) in [6.07, 6.45) is 4.69. The van der Waals surface area contributed by atoms with Crippen molar-refractivity contribution in [1.29, 1.82) is 0 Å². The van der Waals surface area contributed by atoms with E-state index in [2.05, 4.69) is 5.32 Å². The first-order valence-electron chi connectivity index (χ1n) is 9.75. The van der Waals surface area contributed by atoms with Gasteiger partial charge in [0.25, 0.3) is 11.1 Å². The van der Waals surface area contributed by atoms with E-state index < -0.39 is 26.9 Å². The van der Waals surface area contributed by atoms with Crippen LogP contribution in [0.25, 0.3) is 6.08 Å². The maximum Gasteiger partial charge on any atom is 0.293 e. The molecule has 2 fully saturated rings. The van der Waals surface area contributed by atoms with E-state index in [0.717, 1.165) is 35.1 Å². The van der Waals surface area contributed by atoms with Gasteiger partial charge in [0.05, 0.1) is 15.9 Å². The zero-order valence-electron chi connectivity index (χ0n) is 16.3. The number of nitrogens with zero attached hydrogens (tertiary/aromatic N) is 1. The third-order valence-electron chi connectivity index (χ3n) is 5.12. The summed E-state index contributed by atoms with van der Waals surface area (Å²) in [4.78, 5) is 38.0. The van der Waals surface area contributed by atoms with E-state index in [1.54, 1.807) is 30.3 Å². The molecule has 0 bridgehead atoms. The second kappa shape index (κ2) is 9.98. The number of benzene rings is 1. The van der Waals surface area contributed by atoms with E-state index in [4.69, 9.17) is 11.6 Å². The highest BCUT2D eigenvalue weighted by molar-refractivity contribution is 8.18. The van der Waals surface area contributed by atoms with Crippen molar-refractivity contribution in [2.24, 2.45) is 0 Å². The van der Waals surface area contributed by atoms with Crippen molar-refractivity contribution in [3.05, 3.63) is 39.8 Å². The molecule has 2 aliphatic rings. The fourth-order valence-electron chi connectivity index (χ4n) is 3.45. The van der Waals surface area contributed by atoms with Gasteiger partial charge in [0.2, 0.25) is 5.91 Å². The number of amides is 3. The van der Waals surface area contributed by atoms with Gasteiger partial charge >= 0.3 is 0 Å². The van der Waals surface area contributed by atoms with Crippen LogP contribution in [0, 0.1) is 0 Å². The first-order chi connectivity index (χ1) is 14.3. The summed E-state index contributed by atoms with van der Waals surface area (Å²) in [7, 11) is -3.25. The second-order valence-corrected chi connectivity index (χ2v) is 11.1. The van der Waals surface area contributed by atoms with Gasteiger partial charge in [-0.15, -0.1) is 0 Å². The third kappa shape index (κ3) is 5.86. The number of halogens is 1. The first-order valence-corrected chi connectivity index (χ1v) is 12.7. The van der Waals surface area contributed by atoms with Gasteiger partial charge < -0.3 is 5.32 Å². The molecule has 7 nitrogen and oxygen atoms in total. The minimum absolute atomic E-state index is 0.0315. The monoisotopic (exact) mass is 470 g/mol. The van der Waals surface area contributed by atoms with E-state index in [1.165, 1.54) is 0 Å². The minimum Gasteiger partial charge on any atom is -0.354 e. The van der Waals surface area contributed by atoms with E-state index in [1.807, 2.05) is 0 Å². The van der Waals surface area contributed by atoms with Crippen LogP contribution in [-0.2, 0) is 19.4 Å². The number of hydrogen-bond donors (Lipinski definition) is 1. The normalized spacial score (nSPS) is 19.1. The average molecular weight is 471 g/mol. The van der Waals surface area contributed by atoms with Crippen molar-refractivity contribution in [2.45, 2.75) is 37.4 Å². The first kappa shape index (κ1) is 22.8. The average Bonchev–Trinajstić information content (AvgIpc) is 3.33. The standard InChI is InChI=1S/C20H23ClN2O5S2/c21-15-7-5-14(6-8-15)13-17-19(25)23(20(26)29-17)11-10-22-18(24)9-12-30(27,28)16-3-1-2-4-16/h5-8,13,16H,1-4,9-12H2,(H,22,24)/b17-13-. The van der Waals surface area contributed by atoms with Crippen LogP contribution in [-0.4, -0.2) is 54.5 Å². The number of carbonyl (C=O) groups is 3. The Morgan fingerprint density at radius 2 is 1.87 bits per heavy atom. The number of imide groups is 1. The highest BCUT2D eigenvalue weighted by atomic mass is 35.5. The molecule has 1 saturated heterocycles. The zero-order chi connectivity index (χ0) is 21.7. The minimum atomic E-state index is -3.25. The van der Waals surface area contributed by atoms with Gasteiger partial charge in [0, 0.05) is 24.5 Å². The molecule has 0 unspecified atom stereocenters. The van der Waals surface area contributed by atoms with Gasteiger partial charge in [0.15, 0.2) is 9.84 Å². The molecule has 1 aromatic rings. The van der Waals surface area contributed by atoms with E-state index in [-0.39, 0.29) is 30.5 Å². The predicted octanol–water partition coefficient (Wildman–Crippen LogP) is 3.24. The molecule has 10 heteroatoms. The summed E-state index contributed by atoms with van der Waals surface area (Å²) in [6.45, 7) is 0.109. The lowest BCUT2D eigenvalue weighted by molar-refractivity contribution is -0.124. The Hall–Kier alpha value is -1.84. The number of thioether (sulfide) groups is 1. The lowest BCUT2D eigenvalue weighted by Crippen LogP contribution is -2.37. The summed E-state index contributed by atoms with van der Waals surface area (Å²) in [5.74, 6) is -0.993. The van der Waals surface area contributed by atoms with Crippen LogP contribution < -0.4 is 5.32 Å². The third-order valence-corrected chi connectivity index (χ3v) is 8.54. The Morgan fingerprint density at radius 1 is 1.20 bits per heavy atom. The maximum absolute atomic E-state index is 12.5. The molecule has 0 atom stereocenters. The quantitative estimate of drug-likeness (QED) is 0.585. The summed E-state index contributed by atoms with van der Waals surface area (Å²) >= 11 is 6.68. The number of sulfone groups is 1.